The molecule has 2 saturated heterocycles. The van der Waals surface area contributed by atoms with Crippen LogP contribution in [0.25, 0.3) is 11.0 Å². The SMILES string of the molecule is COCCN(CCOC)c1nc(N2CCC(OC)C2)c2nc(N(CCOC)CCOC)nc(N3CCC(OC)CC3)c2n1. The molecule has 0 N–H and O–H groups in total. The van der Waals surface area contributed by atoms with Gasteiger partial charge in [0.2, 0.25) is 11.9 Å². The highest BCUT2D eigenvalue weighted by Gasteiger charge is 2.31. The van der Waals surface area contributed by atoms with Crippen LogP contribution in [0.2, 0.25) is 0 Å². The van der Waals surface area contributed by atoms with Crippen molar-refractivity contribution < 1.29 is 28.4 Å². The summed E-state index contributed by atoms with van der Waals surface area (Å²) in [5.74, 6) is 2.81. The van der Waals surface area contributed by atoms with Crippen LogP contribution in [0, 0.1) is 0 Å². The lowest BCUT2D eigenvalue weighted by atomic mass is 10.1. The molecule has 2 aliphatic rings. The summed E-state index contributed by atoms with van der Waals surface area (Å²) in [5, 5.41) is 0. The maximum absolute atomic E-state index is 5.73. The molecule has 4 rings (SSSR count). The van der Waals surface area contributed by atoms with Crippen molar-refractivity contribution in [2.24, 2.45) is 0 Å². The van der Waals surface area contributed by atoms with E-state index >= 15 is 0 Å². The number of anilines is 4. The van der Waals surface area contributed by atoms with Gasteiger partial charge < -0.3 is 48.0 Å². The highest BCUT2D eigenvalue weighted by molar-refractivity contribution is 5.95. The van der Waals surface area contributed by atoms with E-state index in [1.165, 1.54) is 0 Å². The smallest absolute Gasteiger partial charge is 0.228 e. The Morgan fingerprint density at radius 2 is 0.953 bits per heavy atom. The summed E-state index contributed by atoms with van der Waals surface area (Å²) in [6.07, 6.45) is 3.10. The van der Waals surface area contributed by atoms with E-state index in [0.29, 0.717) is 64.5 Å². The average molecular weight is 607 g/mol. The number of methoxy groups -OCH3 is 6. The first-order valence-corrected chi connectivity index (χ1v) is 15.2. The molecule has 0 radical (unpaired) electrons. The lowest BCUT2D eigenvalue weighted by Crippen LogP contribution is -2.38. The van der Waals surface area contributed by atoms with Crippen LogP contribution in [-0.2, 0) is 28.4 Å². The summed E-state index contributed by atoms with van der Waals surface area (Å²) < 4.78 is 33.1. The summed E-state index contributed by atoms with van der Waals surface area (Å²) in [6, 6.07) is 0. The number of rotatable bonds is 18. The first-order valence-electron chi connectivity index (χ1n) is 15.2. The Balaban J connectivity index is 1.91. The Hall–Kier alpha value is -2.62. The van der Waals surface area contributed by atoms with E-state index in [1.807, 2.05) is 0 Å². The molecule has 0 saturated carbocycles. The number of hydrogen-bond acceptors (Lipinski definition) is 14. The summed E-state index contributed by atoms with van der Waals surface area (Å²) in [4.78, 5) is 29.5. The molecule has 2 aromatic rings. The molecule has 4 heterocycles. The zero-order valence-corrected chi connectivity index (χ0v) is 26.8. The monoisotopic (exact) mass is 606 g/mol. The van der Waals surface area contributed by atoms with E-state index in [9.17, 15) is 0 Å². The second kappa shape index (κ2) is 17.0. The van der Waals surface area contributed by atoms with Crippen molar-refractivity contribution in [3.63, 3.8) is 0 Å². The third-order valence-corrected chi connectivity index (χ3v) is 8.16. The number of hydrogen-bond donors (Lipinski definition) is 0. The molecule has 0 aromatic carbocycles. The third-order valence-electron chi connectivity index (χ3n) is 8.16. The molecule has 1 atom stereocenters. The highest BCUT2D eigenvalue weighted by Crippen LogP contribution is 2.35. The minimum Gasteiger partial charge on any atom is -0.383 e. The fourth-order valence-corrected chi connectivity index (χ4v) is 5.53. The number of ether oxygens (including phenoxy) is 6. The maximum atomic E-state index is 5.73. The van der Waals surface area contributed by atoms with Gasteiger partial charge in [0, 0.05) is 95.0 Å². The predicted molar refractivity (Wildman–Crippen MR) is 167 cm³/mol. The van der Waals surface area contributed by atoms with Crippen molar-refractivity contribution in [1.82, 2.24) is 19.9 Å². The van der Waals surface area contributed by atoms with Crippen molar-refractivity contribution in [2.75, 3.05) is 141 Å². The molecule has 242 valence electrons. The van der Waals surface area contributed by atoms with Gasteiger partial charge in [-0.2, -0.15) is 9.97 Å². The zero-order valence-electron chi connectivity index (χ0n) is 26.8. The summed E-state index contributed by atoms with van der Waals surface area (Å²) >= 11 is 0. The molecular formula is C29H50N8O6. The molecule has 43 heavy (non-hydrogen) atoms. The molecule has 2 fully saturated rings. The van der Waals surface area contributed by atoms with Crippen LogP contribution in [-0.4, -0.2) is 154 Å². The number of piperidine rings is 1. The van der Waals surface area contributed by atoms with Crippen LogP contribution < -0.4 is 19.6 Å². The van der Waals surface area contributed by atoms with E-state index < -0.39 is 0 Å². The van der Waals surface area contributed by atoms with Crippen LogP contribution in [0.1, 0.15) is 19.3 Å². The number of nitrogens with zero attached hydrogens (tertiary/aromatic N) is 8. The van der Waals surface area contributed by atoms with Crippen molar-refractivity contribution in [2.45, 2.75) is 31.5 Å². The topological polar surface area (TPSA) is 120 Å². The molecule has 0 spiro atoms. The van der Waals surface area contributed by atoms with E-state index in [2.05, 4.69) is 19.6 Å². The molecule has 2 aliphatic heterocycles. The molecule has 0 amide bonds. The van der Waals surface area contributed by atoms with Crippen molar-refractivity contribution in [3.05, 3.63) is 0 Å². The molecule has 14 heteroatoms. The van der Waals surface area contributed by atoms with Gasteiger partial charge in [0.1, 0.15) is 11.0 Å². The van der Waals surface area contributed by atoms with Crippen LogP contribution in [0.3, 0.4) is 0 Å². The van der Waals surface area contributed by atoms with Gasteiger partial charge in [-0.15, -0.1) is 0 Å². The summed E-state index contributed by atoms with van der Waals surface area (Å²) in [6.45, 7) is 7.81. The first-order chi connectivity index (χ1) is 21.1. The maximum Gasteiger partial charge on any atom is 0.228 e. The lowest BCUT2D eigenvalue weighted by molar-refractivity contribution is 0.0818. The standard InChI is InChI=1S/C29H50N8O6/c1-38-17-13-35(14-18-39-2)28-31-25-24(26(32-28)34-10-7-22(42-5)8-11-34)30-29(36(15-19-40-3)16-20-41-4)33-27(25)37-12-9-23(21-37)43-6/h22-23H,7-21H2,1-6H3. The second-order valence-corrected chi connectivity index (χ2v) is 10.9. The Labute approximate surface area is 255 Å². The Kier molecular flexibility index (Phi) is 13.2. The van der Waals surface area contributed by atoms with Crippen molar-refractivity contribution in [1.29, 1.82) is 0 Å². The molecule has 0 bridgehead atoms. The van der Waals surface area contributed by atoms with E-state index in [-0.39, 0.29) is 12.2 Å². The van der Waals surface area contributed by atoms with Gasteiger partial charge in [0.15, 0.2) is 11.6 Å². The minimum atomic E-state index is 0.125. The number of aromatic nitrogens is 4. The van der Waals surface area contributed by atoms with Crippen LogP contribution in [0.4, 0.5) is 23.5 Å². The van der Waals surface area contributed by atoms with Gasteiger partial charge >= 0.3 is 0 Å². The summed E-state index contributed by atoms with van der Waals surface area (Å²) in [7, 11) is 10.4. The van der Waals surface area contributed by atoms with E-state index in [4.69, 9.17) is 48.4 Å². The van der Waals surface area contributed by atoms with Crippen LogP contribution >= 0.6 is 0 Å². The fraction of sp³-hybridized carbons (Fsp3) is 0.793. The molecular weight excluding hydrogens is 556 g/mol. The van der Waals surface area contributed by atoms with E-state index in [1.54, 1.807) is 42.7 Å². The predicted octanol–water partition coefficient (Wildman–Crippen LogP) is 1.46. The van der Waals surface area contributed by atoms with Gasteiger partial charge in [-0.25, -0.2) is 9.97 Å². The summed E-state index contributed by atoms with van der Waals surface area (Å²) in [5.41, 5.74) is 1.46. The minimum absolute atomic E-state index is 0.125. The molecule has 2 aromatic heterocycles. The average Bonchev–Trinajstić information content (AvgIpc) is 3.53. The Morgan fingerprint density at radius 3 is 1.35 bits per heavy atom. The zero-order chi connectivity index (χ0) is 30.6. The number of fused-ring (bicyclic) bond motifs is 1. The van der Waals surface area contributed by atoms with Gasteiger partial charge in [-0.1, -0.05) is 0 Å². The van der Waals surface area contributed by atoms with Gasteiger partial charge in [-0.3, -0.25) is 0 Å². The highest BCUT2D eigenvalue weighted by atomic mass is 16.5. The van der Waals surface area contributed by atoms with Gasteiger partial charge in [0.25, 0.3) is 0 Å². The van der Waals surface area contributed by atoms with E-state index in [0.717, 1.165) is 68.1 Å². The van der Waals surface area contributed by atoms with Gasteiger partial charge in [-0.05, 0) is 19.3 Å². The molecule has 14 nitrogen and oxygen atoms in total. The van der Waals surface area contributed by atoms with Crippen molar-refractivity contribution >= 4 is 34.6 Å². The largest absolute Gasteiger partial charge is 0.383 e. The second-order valence-electron chi connectivity index (χ2n) is 10.9. The lowest BCUT2D eigenvalue weighted by Gasteiger charge is -2.34. The fourth-order valence-electron chi connectivity index (χ4n) is 5.53. The van der Waals surface area contributed by atoms with Crippen LogP contribution in [0.5, 0.6) is 0 Å². The van der Waals surface area contributed by atoms with Crippen LogP contribution in [0.15, 0.2) is 0 Å². The first kappa shape index (κ1) is 33.3. The molecule has 1 unspecified atom stereocenters. The Morgan fingerprint density at radius 1 is 0.558 bits per heavy atom. The molecule has 0 aliphatic carbocycles. The Bertz CT molecular complexity index is 1110. The quantitative estimate of drug-likeness (QED) is 0.243. The normalized spacial score (nSPS) is 17.8. The van der Waals surface area contributed by atoms with Gasteiger partial charge in [0.05, 0.1) is 38.6 Å². The third kappa shape index (κ3) is 8.52. The van der Waals surface area contributed by atoms with Crippen molar-refractivity contribution in [3.8, 4) is 0 Å².